The van der Waals surface area contributed by atoms with Gasteiger partial charge in [-0.15, -0.1) is 0 Å². The summed E-state index contributed by atoms with van der Waals surface area (Å²) in [5.41, 5.74) is 3.30. The standard InChI is InChI=1S/C25H24N2O4S/c1-26-22-11-7-8-19(14-22)15-23-18-31-17-21-10-4-3-9-20(21)16-27(23)32(28,29)25-13-6-5-12-24(25)30-2/h3-14,23H,15-18H2,2H3. The van der Waals surface area contributed by atoms with E-state index in [9.17, 15) is 8.42 Å². The molecule has 4 rings (SSSR count). The minimum atomic E-state index is -3.90. The lowest BCUT2D eigenvalue weighted by Crippen LogP contribution is -2.45. The summed E-state index contributed by atoms with van der Waals surface area (Å²) >= 11 is 0. The maximum atomic E-state index is 13.9. The Morgan fingerprint density at radius 1 is 1.06 bits per heavy atom. The molecule has 3 aromatic carbocycles. The molecule has 0 radical (unpaired) electrons. The molecule has 1 unspecified atom stereocenters. The summed E-state index contributed by atoms with van der Waals surface area (Å²) in [6.45, 7) is 8.18. The maximum absolute atomic E-state index is 13.9. The van der Waals surface area contributed by atoms with Gasteiger partial charge in [0.1, 0.15) is 10.6 Å². The van der Waals surface area contributed by atoms with Crippen molar-refractivity contribution in [1.29, 1.82) is 0 Å². The van der Waals surface area contributed by atoms with Crippen LogP contribution in [0.3, 0.4) is 0 Å². The van der Waals surface area contributed by atoms with Crippen LogP contribution < -0.4 is 4.74 Å². The van der Waals surface area contributed by atoms with Gasteiger partial charge in [-0.2, -0.15) is 4.31 Å². The molecule has 0 aliphatic carbocycles. The van der Waals surface area contributed by atoms with Crippen molar-refractivity contribution >= 4 is 15.7 Å². The van der Waals surface area contributed by atoms with Crippen molar-refractivity contribution in [2.45, 2.75) is 30.5 Å². The van der Waals surface area contributed by atoms with E-state index >= 15 is 0 Å². The van der Waals surface area contributed by atoms with Gasteiger partial charge in [-0.3, -0.25) is 0 Å². The molecule has 0 fully saturated rings. The van der Waals surface area contributed by atoms with Gasteiger partial charge >= 0.3 is 0 Å². The second kappa shape index (κ2) is 9.53. The van der Waals surface area contributed by atoms with E-state index in [1.54, 1.807) is 36.4 Å². The van der Waals surface area contributed by atoms with E-state index < -0.39 is 16.1 Å². The topological polar surface area (TPSA) is 60.2 Å². The quantitative estimate of drug-likeness (QED) is 0.536. The number of hydrogen-bond donors (Lipinski definition) is 0. The lowest BCUT2D eigenvalue weighted by molar-refractivity contribution is 0.0673. The zero-order valence-electron chi connectivity index (χ0n) is 17.8. The highest BCUT2D eigenvalue weighted by Crippen LogP contribution is 2.31. The molecule has 0 saturated heterocycles. The van der Waals surface area contributed by atoms with Crippen molar-refractivity contribution in [3.8, 4) is 5.75 Å². The van der Waals surface area contributed by atoms with E-state index in [1.807, 2.05) is 36.4 Å². The summed E-state index contributed by atoms with van der Waals surface area (Å²) in [6, 6.07) is 21.2. The monoisotopic (exact) mass is 448 g/mol. The van der Waals surface area contributed by atoms with Crippen molar-refractivity contribution in [3.63, 3.8) is 0 Å². The molecule has 1 aliphatic heterocycles. The Bertz CT molecular complexity index is 1250. The average molecular weight is 449 g/mol. The number of benzene rings is 3. The number of methoxy groups -OCH3 is 1. The smallest absolute Gasteiger partial charge is 0.247 e. The summed E-state index contributed by atoms with van der Waals surface area (Å²) in [7, 11) is -2.44. The van der Waals surface area contributed by atoms with Crippen LogP contribution in [0.4, 0.5) is 5.69 Å². The first-order chi connectivity index (χ1) is 15.5. The normalized spacial score (nSPS) is 16.9. The number of sulfonamides is 1. The fourth-order valence-electron chi connectivity index (χ4n) is 3.96. The highest BCUT2D eigenvalue weighted by molar-refractivity contribution is 7.89. The van der Waals surface area contributed by atoms with Gasteiger partial charge in [0.05, 0.1) is 32.9 Å². The van der Waals surface area contributed by atoms with Crippen molar-refractivity contribution < 1.29 is 17.9 Å². The SMILES string of the molecule is [C-]#[N+]c1cccc(CC2COCc3ccccc3CN2S(=O)(=O)c2ccccc2OC)c1. The van der Waals surface area contributed by atoms with Crippen LogP contribution in [0.15, 0.2) is 77.7 Å². The first-order valence-corrected chi connectivity index (χ1v) is 11.7. The third-order valence-electron chi connectivity index (χ3n) is 5.59. The van der Waals surface area contributed by atoms with E-state index in [0.29, 0.717) is 24.5 Å². The summed E-state index contributed by atoms with van der Waals surface area (Å²) in [6.07, 6.45) is 0.430. The Balaban J connectivity index is 1.79. The maximum Gasteiger partial charge on any atom is 0.247 e. The Morgan fingerprint density at radius 2 is 1.81 bits per heavy atom. The van der Waals surface area contributed by atoms with Crippen molar-refractivity contribution in [2.75, 3.05) is 13.7 Å². The van der Waals surface area contributed by atoms with Gasteiger partial charge in [0.15, 0.2) is 5.69 Å². The minimum Gasteiger partial charge on any atom is -0.495 e. The fraction of sp³-hybridized carbons (Fsp3) is 0.240. The minimum absolute atomic E-state index is 0.125. The largest absolute Gasteiger partial charge is 0.495 e. The molecule has 7 heteroatoms. The van der Waals surface area contributed by atoms with Crippen LogP contribution >= 0.6 is 0 Å². The Morgan fingerprint density at radius 3 is 2.59 bits per heavy atom. The number of hydrogen-bond acceptors (Lipinski definition) is 4. The van der Waals surface area contributed by atoms with Crippen LogP contribution in [0.1, 0.15) is 16.7 Å². The second-order valence-corrected chi connectivity index (χ2v) is 9.48. The molecule has 1 aliphatic rings. The zero-order valence-corrected chi connectivity index (χ0v) is 18.6. The van der Waals surface area contributed by atoms with E-state index in [0.717, 1.165) is 16.7 Å². The molecule has 0 spiro atoms. The molecule has 0 bridgehead atoms. The Kier molecular flexibility index (Phi) is 6.56. The third kappa shape index (κ3) is 4.53. The first kappa shape index (κ1) is 22.0. The molecule has 3 aromatic rings. The molecule has 1 atom stereocenters. The lowest BCUT2D eigenvalue weighted by Gasteiger charge is -2.34. The van der Waals surface area contributed by atoms with Crippen molar-refractivity contribution in [3.05, 3.63) is 101 Å². The molecule has 6 nitrogen and oxygen atoms in total. The van der Waals surface area contributed by atoms with Gasteiger partial charge in [-0.25, -0.2) is 13.3 Å². The molecule has 0 amide bonds. The lowest BCUT2D eigenvalue weighted by atomic mass is 10.0. The predicted octanol–water partition coefficient (Wildman–Crippen LogP) is 4.58. The van der Waals surface area contributed by atoms with Crippen LogP contribution in [-0.2, 0) is 34.3 Å². The highest BCUT2D eigenvalue weighted by atomic mass is 32.2. The van der Waals surface area contributed by atoms with Gasteiger partial charge < -0.3 is 9.47 Å². The van der Waals surface area contributed by atoms with Crippen molar-refractivity contribution in [1.82, 2.24) is 4.31 Å². The van der Waals surface area contributed by atoms with Crippen LogP contribution in [0.5, 0.6) is 5.75 Å². The summed E-state index contributed by atoms with van der Waals surface area (Å²) in [5, 5.41) is 0. The highest BCUT2D eigenvalue weighted by Gasteiger charge is 2.35. The van der Waals surface area contributed by atoms with Crippen LogP contribution in [0, 0.1) is 6.57 Å². The van der Waals surface area contributed by atoms with E-state index in [2.05, 4.69) is 4.85 Å². The molecule has 164 valence electrons. The van der Waals surface area contributed by atoms with Crippen LogP contribution in [-0.4, -0.2) is 32.5 Å². The summed E-state index contributed by atoms with van der Waals surface area (Å²) in [4.78, 5) is 3.62. The van der Waals surface area contributed by atoms with Gasteiger partial charge in [0, 0.05) is 6.54 Å². The zero-order chi connectivity index (χ0) is 22.6. The first-order valence-electron chi connectivity index (χ1n) is 10.3. The molecule has 32 heavy (non-hydrogen) atoms. The number of rotatable bonds is 5. The number of fused-ring (bicyclic) bond motifs is 1. The van der Waals surface area contributed by atoms with Gasteiger partial charge in [0.2, 0.25) is 10.0 Å². The van der Waals surface area contributed by atoms with E-state index in [-0.39, 0.29) is 18.0 Å². The van der Waals surface area contributed by atoms with E-state index in [1.165, 1.54) is 11.4 Å². The molecular weight excluding hydrogens is 424 g/mol. The second-order valence-electron chi connectivity index (χ2n) is 7.62. The van der Waals surface area contributed by atoms with Gasteiger partial charge in [-0.1, -0.05) is 66.2 Å². The van der Waals surface area contributed by atoms with Crippen molar-refractivity contribution in [2.24, 2.45) is 0 Å². The predicted molar refractivity (Wildman–Crippen MR) is 122 cm³/mol. The van der Waals surface area contributed by atoms with Gasteiger partial charge in [-0.05, 0) is 29.7 Å². The molecule has 0 saturated carbocycles. The molecular formula is C25H24N2O4S. The average Bonchev–Trinajstić information content (AvgIpc) is 2.81. The summed E-state index contributed by atoms with van der Waals surface area (Å²) < 4.78 is 40.6. The number of nitrogens with zero attached hydrogens (tertiary/aromatic N) is 2. The Hall–Kier alpha value is -3.18. The van der Waals surface area contributed by atoms with Crippen LogP contribution in [0.25, 0.3) is 4.85 Å². The van der Waals surface area contributed by atoms with Crippen LogP contribution in [0.2, 0.25) is 0 Å². The van der Waals surface area contributed by atoms with Gasteiger partial charge in [0.25, 0.3) is 0 Å². The molecule has 1 heterocycles. The fourth-order valence-corrected chi connectivity index (χ4v) is 5.71. The molecule has 0 aromatic heterocycles. The van der Waals surface area contributed by atoms with E-state index in [4.69, 9.17) is 16.0 Å². The number of ether oxygens (including phenoxy) is 2. The Labute approximate surface area is 188 Å². The summed E-state index contributed by atoms with van der Waals surface area (Å²) in [5.74, 6) is 0.303. The third-order valence-corrected chi connectivity index (χ3v) is 7.52. The number of para-hydroxylation sites is 1. The molecule has 0 N–H and O–H groups in total.